The van der Waals surface area contributed by atoms with Gasteiger partial charge in [0.25, 0.3) is 0 Å². The van der Waals surface area contributed by atoms with Gasteiger partial charge in [0.05, 0.1) is 6.61 Å². The van der Waals surface area contributed by atoms with Crippen LogP contribution in [0.2, 0.25) is 0 Å². The van der Waals surface area contributed by atoms with E-state index >= 15 is 0 Å². The largest absolute Gasteiger partial charge is 0.493 e. The van der Waals surface area contributed by atoms with Crippen molar-refractivity contribution >= 4 is 15.9 Å². The second-order valence-corrected chi connectivity index (χ2v) is 5.44. The van der Waals surface area contributed by atoms with Crippen molar-refractivity contribution in [2.24, 2.45) is 0 Å². The number of benzene rings is 1. The molecule has 114 valence electrons. The minimum atomic E-state index is -4.12. The molecule has 0 saturated heterocycles. The fraction of sp³-hybridized carbons (Fsp3) is 0.571. The van der Waals surface area contributed by atoms with Crippen molar-refractivity contribution < 1.29 is 17.9 Å². The van der Waals surface area contributed by atoms with E-state index in [0.717, 1.165) is 16.6 Å². The third-order valence-electron chi connectivity index (χ3n) is 2.81. The highest BCUT2D eigenvalue weighted by molar-refractivity contribution is 9.10. The van der Waals surface area contributed by atoms with Gasteiger partial charge in [0.15, 0.2) is 0 Å². The molecule has 0 aromatic heterocycles. The van der Waals surface area contributed by atoms with Gasteiger partial charge in [-0.1, -0.05) is 22.9 Å². The lowest BCUT2D eigenvalue weighted by atomic mass is 10.1. The first-order chi connectivity index (χ1) is 9.33. The Balaban J connectivity index is 2.64. The Morgan fingerprint density at radius 3 is 2.65 bits per heavy atom. The van der Waals surface area contributed by atoms with E-state index < -0.39 is 12.6 Å². The zero-order chi connectivity index (χ0) is 15.2. The number of hydrogen-bond acceptors (Lipinski definition) is 2. The summed E-state index contributed by atoms with van der Waals surface area (Å²) in [5.41, 5.74) is 0.938. The van der Waals surface area contributed by atoms with Gasteiger partial charge in [-0.2, -0.15) is 13.2 Å². The van der Waals surface area contributed by atoms with E-state index in [9.17, 15) is 13.2 Å². The maximum atomic E-state index is 12.1. The first kappa shape index (κ1) is 17.3. The molecule has 1 aromatic carbocycles. The lowest BCUT2D eigenvalue weighted by Gasteiger charge is -2.18. The molecule has 0 saturated carbocycles. The zero-order valence-electron chi connectivity index (χ0n) is 11.6. The van der Waals surface area contributed by atoms with Crippen molar-refractivity contribution in [2.45, 2.75) is 38.9 Å². The highest BCUT2D eigenvalue weighted by atomic mass is 79.9. The highest BCUT2D eigenvalue weighted by Gasteiger charge is 2.26. The second-order valence-electron chi connectivity index (χ2n) is 4.53. The summed E-state index contributed by atoms with van der Waals surface area (Å²) in [6.45, 7) is 4.86. The fourth-order valence-corrected chi connectivity index (χ4v) is 2.24. The third kappa shape index (κ3) is 6.13. The first-order valence-corrected chi connectivity index (χ1v) is 7.35. The SMILES string of the molecule is CCNC(C)c1cc(Br)ccc1OCCCC(F)(F)F. The quantitative estimate of drug-likeness (QED) is 0.708. The number of alkyl halides is 3. The zero-order valence-corrected chi connectivity index (χ0v) is 13.1. The van der Waals surface area contributed by atoms with Gasteiger partial charge in [0.2, 0.25) is 0 Å². The van der Waals surface area contributed by atoms with E-state index in [2.05, 4.69) is 21.2 Å². The molecular formula is C14H19BrF3NO. The van der Waals surface area contributed by atoms with Crippen molar-refractivity contribution in [3.05, 3.63) is 28.2 Å². The molecule has 1 aromatic rings. The Bertz CT molecular complexity index is 423. The van der Waals surface area contributed by atoms with E-state index in [-0.39, 0.29) is 19.1 Å². The molecule has 0 aliphatic carbocycles. The molecule has 2 nitrogen and oxygen atoms in total. The first-order valence-electron chi connectivity index (χ1n) is 6.56. The van der Waals surface area contributed by atoms with Crippen molar-refractivity contribution in [3.63, 3.8) is 0 Å². The van der Waals surface area contributed by atoms with Crippen LogP contribution in [0.1, 0.15) is 38.3 Å². The molecule has 1 N–H and O–H groups in total. The van der Waals surface area contributed by atoms with E-state index in [1.54, 1.807) is 6.07 Å². The summed E-state index contributed by atoms with van der Waals surface area (Å²) in [4.78, 5) is 0. The van der Waals surface area contributed by atoms with Crippen LogP contribution in [0.4, 0.5) is 13.2 Å². The molecule has 6 heteroatoms. The van der Waals surface area contributed by atoms with Gasteiger partial charge in [0.1, 0.15) is 5.75 Å². The number of ether oxygens (including phenoxy) is 1. The smallest absolute Gasteiger partial charge is 0.389 e. The predicted molar refractivity (Wildman–Crippen MR) is 77.0 cm³/mol. The van der Waals surface area contributed by atoms with Crippen molar-refractivity contribution in [1.82, 2.24) is 5.32 Å². The molecule has 0 radical (unpaired) electrons. The third-order valence-corrected chi connectivity index (χ3v) is 3.30. The second kappa shape index (κ2) is 7.88. The van der Waals surface area contributed by atoms with Gasteiger partial charge < -0.3 is 10.1 Å². The van der Waals surface area contributed by atoms with E-state index in [0.29, 0.717) is 5.75 Å². The maximum absolute atomic E-state index is 12.1. The van der Waals surface area contributed by atoms with Crippen LogP contribution >= 0.6 is 15.9 Å². The summed E-state index contributed by atoms with van der Waals surface area (Å²) >= 11 is 3.39. The molecule has 0 spiro atoms. The van der Waals surface area contributed by atoms with Gasteiger partial charge in [-0.3, -0.25) is 0 Å². The Kier molecular flexibility index (Phi) is 6.82. The summed E-state index contributed by atoms with van der Waals surface area (Å²) in [5, 5.41) is 3.26. The number of nitrogens with one attached hydrogen (secondary N) is 1. The van der Waals surface area contributed by atoms with Crippen LogP contribution in [0.25, 0.3) is 0 Å². The molecule has 1 unspecified atom stereocenters. The van der Waals surface area contributed by atoms with Gasteiger partial charge in [-0.25, -0.2) is 0 Å². The molecule has 0 bridgehead atoms. The number of hydrogen-bond donors (Lipinski definition) is 1. The van der Waals surface area contributed by atoms with Gasteiger partial charge in [-0.15, -0.1) is 0 Å². The molecule has 1 atom stereocenters. The number of rotatable bonds is 7. The fourth-order valence-electron chi connectivity index (χ4n) is 1.86. The van der Waals surface area contributed by atoms with Crippen LogP contribution in [0.15, 0.2) is 22.7 Å². The normalized spacial score (nSPS) is 13.3. The summed E-state index contributed by atoms with van der Waals surface area (Å²) in [6.07, 6.45) is -4.97. The average Bonchev–Trinajstić information content (AvgIpc) is 2.35. The molecular weight excluding hydrogens is 335 g/mol. The monoisotopic (exact) mass is 353 g/mol. The molecule has 20 heavy (non-hydrogen) atoms. The van der Waals surface area contributed by atoms with Crippen LogP contribution in [-0.2, 0) is 0 Å². The lowest BCUT2D eigenvalue weighted by Crippen LogP contribution is -2.19. The van der Waals surface area contributed by atoms with Crippen LogP contribution < -0.4 is 10.1 Å². The van der Waals surface area contributed by atoms with Gasteiger partial charge >= 0.3 is 6.18 Å². The van der Waals surface area contributed by atoms with E-state index in [1.807, 2.05) is 26.0 Å². The Labute approximate surface area is 125 Å². The Morgan fingerprint density at radius 2 is 2.05 bits per heavy atom. The standard InChI is InChI=1S/C14H19BrF3NO/c1-3-19-10(2)12-9-11(15)5-6-13(12)20-8-4-7-14(16,17)18/h5-6,9-10,19H,3-4,7-8H2,1-2H3. The highest BCUT2D eigenvalue weighted by Crippen LogP contribution is 2.29. The summed E-state index contributed by atoms with van der Waals surface area (Å²) in [7, 11) is 0. The van der Waals surface area contributed by atoms with Gasteiger partial charge in [-0.05, 0) is 38.1 Å². The van der Waals surface area contributed by atoms with Gasteiger partial charge in [0, 0.05) is 22.5 Å². The Hall–Kier alpha value is -0.750. The molecule has 0 aliphatic rings. The lowest BCUT2D eigenvalue weighted by molar-refractivity contribution is -0.136. The van der Waals surface area contributed by atoms with Crippen molar-refractivity contribution in [3.8, 4) is 5.75 Å². The minimum absolute atomic E-state index is 0.0331. The summed E-state index contributed by atoms with van der Waals surface area (Å²) in [6, 6.07) is 5.60. The maximum Gasteiger partial charge on any atom is 0.389 e. The van der Waals surface area contributed by atoms with Crippen molar-refractivity contribution in [2.75, 3.05) is 13.2 Å². The topological polar surface area (TPSA) is 21.3 Å². The molecule has 0 heterocycles. The molecule has 0 amide bonds. The summed E-state index contributed by atoms with van der Waals surface area (Å²) < 4.78 is 42.6. The average molecular weight is 354 g/mol. The van der Waals surface area contributed by atoms with Crippen LogP contribution in [0.5, 0.6) is 5.75 Å². The molecule has 1 rings (SSSR count). The van der Waals surface area contributed by atoms with Crippen molar-refractivity contribution in [1.29, 1.82) is 0 Å². The summed E-state index contributed by atoms with van der Waals surface area (Å²) in [5.74, 6) is 0.629. The van der Waals surface area contributed by atoms with Crippen LogP contribution in [0.3, 0.4) is 0 Å². The molecule has 0 fully saturated rings. The minimum Gasteiger partial charge on any atom is -0.493 e. The van der Waals surface area contributed by atoms with Crippen LogP contribution in [0, 0.1) is 0 Å². The molecule has 0 aliphatic heterocycles. The number of halogens is 4. The predicted octanol–water partition coefficient (Wildman–Crippen LogP) is 4.84. The van der Waals surface area contributed by atoms with E-state index in [4.69, 9.17) is 4.74 Å². The Morgan fingerprint density at radius 1 is 1.35 bits per heavy atom. The van der Waals surface area contributed by atoms with Crippen LogP contribution in [-0.4, -0.2) is 19.3 Å². The van der Waals surface area contributed by atoms with E-state index in [1.165, 1.54) is 0 Å².